The number of aromatic nitrogens is 4. The molecule has 3 rings (SSSR count). The van der Waals surface area contributed by atoms with Crippen LogP contribution in [0.5, 0.6) is 0 Å². The maximum atomic E-state index is 13.0. The highest BCUT2D eigenvalue weighted by Gasteiger charge is 2.34. The fourth-order valence-corrected chi connectivity index (χ4v) is 2.76. The average Bonchev–Trinajstić information content (AvgIpc) is 2.91. The molecule has 2 aromatic heterocycles. The summed E-state index contributed by atoms with van der Waals surface area (Å²) < 4.78 is 40.2. The van der Waals surface area contributed by atoms with Crippen LogP contribution in [0.4, 0.5) is 19.0 Å². The smallest absolute Gasteiger partial charge is 0.366 e. The first-order valence-corrected chi connectivity index (χ1v) is 7.11. The number of hydrogen-bond acceptors (Lipinski definition) is 5. The van der Waals surface area contributed by atoms with Gasteiger partial charge in [-0.15, -0.1) is 0 Å². The molecule has 1 saturated heterocycles. The molecule has 22 heavy (non-hydrogen) atoms. The number of piperidine rings is 1. The Hall–Kier alpha value is -1.90. The van der Waals surface area contributed by atoms with E-state index in [9.17, 15) is 13.2 Å². The normalized spacial score (nSPS) is 23.9. The number of anilines is 1. The highest BCUT2D eigenvalue weighted by Crippen LogP contribution is 2.30. The molecule has 0 bridgehead atoms. The van der Waals surface area contributed by atoms with Crippen LogP contribution >= 0.6 is 0 Å². The first kappa shape index (κ1) is 15.0. The summed E-state index contributed by atoms with van der Waals surface area (Å²) in [4.78, 5) is 9.47. The van der Waals surface area contributed by atoms with E-state index in [4.69, 9.17) is 0 Å². The zero-order valence-corrected chi connectivity index (χ0v) is 12.3. The number of rotatable bonds is 2. The van der Waals surface area contributed by atoms with Crippen LogP contribution < -0.4 is 5.32 Å². The number of likely N-dealkylation sites (N-methyl/N-ethyl adjacent to an activating group) is 1. The topological polar surface area (TPSA) is 58.4 Å². The molecule has 1 aliphatic heterocycles. The van der Waals surface area contributed by atoms with Gasteiger partial charge < -0.3 is 10.2 Å². The molecule has 120 valence electrons. The maximum Gasteiger partial charge on any atom is 0.433 e. The quantitative estimate of drug-likeness (QED) is 0.919. The van der Waals surface area contributed by atoms with Crippen molar-refractivity contribution in [2.45, 2.75) is 38.0 Å². The van der Waals surface area contributed by atoms with E-state index in [1.807, 2.05) is 7.05 Å². The van der Waals surface area contributed by atoms with E-state index in [0.717, 1.165) is 25.5 Å². The van der Waals surface area contributed by atoms with Crippen LogP contribution in [-0.4, -0.2) is 50.2 Å². The average molecular weight is 314 g/mol. The summed E-state index contributed by atoms with van der Waals surface area (Å²) in [6.45, 7) is 3.05. The Kier molecular flexibility index (Phi) is 3.67. The van der Waals surface area contributed by atoms with Gasteiger partial charge in [-0.1, -0.05) is 0 Å². The second-order valence-corrected chi connectivity index (χ2v) is 5.61. The standard InChI is InChI=1S/C13H17F3N6/c1-8-9(4-3-5-21(8)2)19-11-6-10(13(14,15)16)20-12-17-7-18-22(11)12/h6-9,19H,3-5H2,1-2H3. The van der Waals surface area contributed by atoms with E-state index >= 15 is 0 Å². The molecular formula is C13H17F3N6. The Bertz CT molecular complexity index is 667. The van der Waals surface area contributed by atoms with Crippen molar-refractivity contribution < 1.29 is 13.2 Å². The molecule has 0 amide bonds. The van der Waals surface area contributed by atoms with E-state index in [1.54, 1.807) is 0 Å². The number of nitrogens with zero attached hydrogens (tertiary/aromatic N) is 5. The third kappa shape index (κ3) is 2.72. The maximum absolute atomic E-state index is 13.0. The van der Waals surface area contributed by atoms with E-state index < -0.39 is 11.9 Å². The van der Waals surface area contributed by atoms with Crippen LogP contribution in [0, 0.1) is 0 Å². The summed E-state index contributed by atoms with van der Waals surface area (Å²) >= 11 is 0. The lowest BCUT2D eigenvalue weighted by Gasteiger charge is -2.37. The van der Waals surface area contributed by atoms with Crippen molar-refractivity contribution in [2.75, 3.05) is 18.9 Å². The zero-order chi connectivity index (χ0) is 15.9. The molecule has 0 saturated carbocycles. The van der Waals surface area contributed by atoms with Crippen LogP contribution in [0.1, 0.15) is 25.5 Å². The van der Waals surface area contributed by atoms with Crippen molar-refractivity contribution in [1.29, 1.82) is 0 Å². The molecule has 2 atom stereocenters. The molecule has 1 fully saturated rings. The van der Waals surface area contributed by atoms with E-state index in [-0.39, 0.29) is 23.7 Å². The first-order valence-electron chi connectivity index (χ1n) is 7.11. The minimum absolute atomic E-state index is 0.0506. The first-order chi connectivity index (χ1) is 10.4. The number of alkyl halides is 3. The monoisotopic (exact) mass is 314 g/mol. The number of halogens is 3. The second-order valence-electron chi connectivity index (χ2n) is 5.61. The molecule has 0 aromatic carbocycles. The van der Waals surface area contributed by atoms with Gasteiger partial charge in [0, 0.05) is 18.2 Å². The lowest BCUT2D eigenvalue weighted by Crippen LogP contribution is -2.47. The SMILES string of the molecule is CC1C(Nc2cc(C(F)(F)F)nc3ncnn23)CCCN1C. The molecule has 6 nitrogen and oxygen atoms in total. The molecule has 0 radical (unpaired) electrons. The van der Waals surface area contributed by atoms with Gasteiger partial charge >= 0.3 is 6.18 Å². The molecule has 3 heterocycles. The van der Waals surface area contributed by atoms with Gasteiger partial charge in [0.1, 0.15) is 12.1 Å². The summed E-state index contributed by atoms with van der Waals surface area (Å²) in [7, 11) is 2.01. The Morgan fingerprint density at radius 3 is 2.86 bits per heavy atom. The van der Waals surface area contributed by atoms with Gasteiger partial charge in [-0.25, -0.2) is 4.98 Å². The van der Waals surface area contributed by atoms with Gasteiger partial charge in [-0.2, -0.15) is 27.8 Å². The van der Waals surface area contributed by atoms with Crippen molar-refractivity contribution in [3.63, 3.8) is 0 Å². The van der Waals surface area contributed by atoms with E-state index in [1.165, 1.54) is 10.8 Å². The number of hydrogen-bond donors (Lipinski definition) is 1. The minimum Gasteiger partial charge on any atom is -0.366 e. The predicted octanol–water partition coefficient (Wildman–Crippen LogP) is 2.04. The van der Waals surface area contributed by atoms with Crippen molar-refractivity contribution in [3.05, 3.63) is 18.1 Å². The van der Waals surface area contributed by atoms with Crippen LogP contribution in [0.15, 0.2) is 12.4 Å². The molecular weight excluding hydrogens is 297 g/mol. The molecule has 1 N–H and O–H groups in total. The fourth-order valence-electron chi connectivity index (χ4n) is 2.76. The molecule has 0 aliphatic carbocycles. The minimum atomic E-state index is -4.51. The number of nitrogens with one attached hydrogen (secondary N) is 1. The van der Waals surface area contributed by atoms with Gasteiger partial charge in [-0.05, 0) is 33.4 Å². The van der Waals surface area contributed by atoms with Gasteiger partial charge in [-0.3, -0.25) is 0 Å². The molecule has 2 unspecified atom stereocenters. The van der Waals surface area contributed by atoms with E-state index in [0.29, 0.717) is 0 Å². The predicted molar refractivity (Wildman–Crippen MR) is 74.5 cm³/mol. The largest absolute Gasteiger partial charge is 0.433 e. The second kappa shape index (κ2) is 5.38. The van der Waals surface area contributed by atoms with Crippen molar-refractivity contribution in [1.82, 2.24) is 24.5 Å². The van der Waals surface area contributed by atoms with Gasteiger partial charge in [0.2, 0.25) is 0 Å². The van der Waals surface area contributed by atoms with Crippen LogP contribution in [0.3, 0.4) is 0 Å². The highest BCUT2D eigenvalue weighted by molar-refractivity contribution is 5.46. The summed E-state index contributed by atoms with van der Waals surface area (Å²) in [6, 6.07) is 1.26. The fraction of sp³-hybridized carbons (Fsp3) is 0.615. The number of fused-ring (bicyclic) bond motifs is 1. The lowest BCUT2D eigenvalue weighted by molar-refractivity contribution is -0.141. The summed E-state index contributed by atoms with van der Waals surface area (Å²) in [6.07, 6.45) is -1.43. The molecule has 0 spiro atoms. The summed E-state index contributed by atoms with van der Waals surface area (Å²) in [5.41, 5.74) is -0.965. The molecule has 9 heteroatoms. The van der Waals surface area contributed by atoms with Crippen LogP contribution in [-0.2, 0) is 6.18 Å². The number of likely N-dealkylation sites (tertiary alicyclic amines) is 1. The van der Waals surface area contributed by atoms with Crippen molar-refractivity contribution in [2.24, 2.45) is 0 Å². The van der Waals surface area contributed by atoms with Crippen molar-refractivity contribution >= 4 is 11.6 Å². The third-order valence-corrected chi connectivity index (χ3v) is 4.18. The molecule has 1 aliphatic rings. The summed E-state index contributed by atoms with van der Waals surface area (Å²) in [5.74, 6) is 0.205. The Morgan fingerprint density at radius 1 is 1.36 bits per heavy atom. The molecule has 2 aromatic rings. The lowest BCUT2D eigenvalue weighted by atomic mass is 9.98. The Morgan fingerprint density at radius 2 is 2.14 bits per heavy atom. The van der Waals surface area contributed by atoms with Crippen molar-refractivity contribution in [3.8, 4) is 0 Å². The van der Waals surface area contributed by atoms with Gasteiger partial charge in [0.15, 0.2) is 5.69 Å². The van der Waals surface area contributed by atoms with E-state index in [2.05, 4.69) is 32.2 Å². The van der Waals surface area contributed by atoms with Gasteiger partial charge in [0.25, 0.3) is 5.78 Å². The third-order valence-electron chi connectivity index (χ3n) is 4.18. The Balaban J connectivity index is 1.97. The van der Waals surface area contributed by atoms with Gasteiger partial charge in [0.05, 0.1) is 0 Å². The summed E-state index contributed by atoms with van der Waals surface area (Å²) in [5, 5.41) is 7.13. The zero-order valence-electron chi connectivity index (χ0n) is 12.3. The van der Waals surface area contributed by atoms with Crippen LogP contribution in [0.2, 0.25) is 0 Å². The van der Waals surface area contributed by atoms with Crippen LogP contribution in [0.25, 0.3) is 5.78 Å². The Labute approximate surface area is 125 Å². The highest BCUT2D eigenvalue weighted by atomic mass is 19.4.